The summed E-state index contributed by atoms with van der Waals surface area (Å²) in [7, 11) is 0. The van der Waals surface area contributed by atoms with Gasteiger partial charge in [-0.25, -0.2) is 0 Å². The summed E-state index contributed by atoms with van der Waals surface area (Å²) in [6.45, 7) is 8.49. The van der Waals surface area contributed by atoms with E-state index in [1.165, 1.54) is 5.57 Å². The van der Waals surface area contributed by atoms with E-state index in [9.17, 15) is 0 Å². The van der Waals surface area contributed by atoms with Crippen LogP contribution in [0.15, 0.2) is 10.6 Å². The highest BCUT2D eigenvalue weighted by Gasteiger charge is 2.00. The van der Waals surface area contributed by atoms with Crippen molar-refractivity contribution in [2.24, 2.45) is 5.92 Å². The number of halogens is 1. The summed E-state index contributed by atoms with van der Waals surface area (Å²) < 4.78 is 0. The number of allylic oxidation sites excluding steroid dienone is 2. The molecule has 0 N–H and O–H groups in total. The minimum Gasteiger partial charge on any atom is -0.0892 e. The number of hydrogen-bond acceptors (Lipinski definition) is 0. The Morgan fingerprint density at radius 3 is 2.00 bits per heavy atom. The van der Waals surface area contributed by atoms with Crippen LogP contribution in [0.3, 0.4) is 0 Å². The van der Waals surface area contributed by atoms with Crippen LogP contribution in [-0.2, 0) is 0 Å². The predicted octanol–water partition coefficient (Wildman–Crippen LogP) is 3.57. The van der Waals surface area contributed by atoms with Crippen LogP contribution in [0, 0.1) is 5.92 Å². The van der Waals surface area contributed by atoms with Gasteiger partial charge in [-0.15, -0.1) is 0 Å². The molecule has 0 nitrogen and oxygen atoms in total. The molecule has 0 aromatic heterocycles. The summed E-state index contributed by atoms with van der Waals surface area (Å²) in [5.74, 6) is 0.595. The molecule has 0 saturated carbocycles. The van der Waals surface area contributed by atoms with Crippen molar-refractivity contribution in [2.75, 3.05) is 0 Å². The van der Waals surface area contributed by atoms with Gasteiger partial charge in [0.05, 0.1) is 0 Å². The first kappa shape index (κ1) is 9.03. The highest BCUT2D eigenvalue weighted by Crippen LogP contribution is 2.19. The molecule has 0 radical (unpaired) electrons. The van der Waals surface area contributed by atoms with Crippen molar-refractivity contribution in [3.63, 3.8) is 0 Å². The Hall–Kier alpha value is 0.0300. The van der Waals surface area contributed by atoms with Gasteiger partial charge in [-0.1, -0.05) is 37.9 Å². The van der Waals surface area contributed by atoms with Gasteiger partial charge in [0.15, 0.2) is 0 Å². The zero-order valence-corrected chi connectivity index (χ0v) is 7.42. The third-order valence-electron chi connectivity index (χ3n) is 1.60. The van der Waals surface area contributed by atoms with Crippen molar-refractivity contribution < 1.29 is 0 Å². The number of hydrogen-bond donors (Lipinski definition) is 0. The minimum absolute atomic E-state index is 0.595. The zero-order chi connectivity index (χ0) is 7.44. The summed E-state index contributed by atoms with van der Waals surface area (Å²) in [4.78, 5) is 0. The average molecular weight is 147 g/mol. The fraction of sp³-hybridized carbons (Fsp3) is 0.750. The lowest BCUT2D eigenvalue weighted by molar-refractivity contribution is 0.759. The lowest BCUT2D eigenvalue weighted by atomic mass is 10.0. The Labute approximate surface area is 62.9 Å². The van der Waals surface area contributed by atoms with Crippen LogP contribution < -0.4 is 0 Å². The Kier molecular flexibility index (Phi) is 3.96. The van der Waals surface area contributed by atoms with E-state index in [4.69, 9.17) is 11.6 Å². The monoisotopic (exact) mass is 146 g/mol. The van der Waals surface area contributed by atoms with Crippen molar-refractivity contribution in [1.82, 2.24) is 0 Å². The van der Waals surface area contributed by atoms with E-state index < -0.39 is 0 Å². The van der Waals surface area contributed by atoms with E-state index >= 15 is 0 Å². The van der Waals surface area contributed by atoms with Crippen molar-refractivity contribution in [1.29, 1.82) is 0 Å². The normalized spacial score (nSPS) is 14.0. The van der Waals surface area contributed by atoms with Gasteiger partial charge >= 0.3 is 0 Å². The molecule has 0 unspecified atom stereocenters. The van der Waals surface area contributed by atoms with Gasteiger partial charge < -0.3 is 0 Å². The number of rotatable bonds is 2. The van der Waals surface area contributed by atoms with Crippen LogP contribution in [0.4, 0.5) is 0 Å². The summed E-state index contributed by atoms with van der Waals surface area (Å²) in [6.07, 6.45) is 0.964. The molecule has 0 aromatic rings. The van der Waals surface area contributed by atoms with Gasteiger partial charge in [-0.2, -0.15) is 0 Å². The second-order valence-electron chi connectivity index (χ2n) is 2.60. The van der Waals surface area contributed by atoms with E-state index in [1.54, 1.807) is 0 Å². The Bertz CT molecular complexity index is 112. The fourth-order valence-electron chi connectivity index (χ4n) is 0.592. The molecule has 0 aliphatic rings. The average Bonchev–Trinajstić information content (AvgIpc) is 1.84. The summed E-state index contributed by atoms with van der Waals surface area (Å²) in [5.41, 5.74) is 1.32. The van der Waals surface area contributed by atoms with E-state index in [-0.39, 0.29) is 0 Å². The maximum atomic E-state index is 5.89. The van der Waals surface area contributed by atoms with Crippen LogP contribution >= 0.6 is 11.6 Å². The molecule has 0 aliphatic heterocycles. The zero-order valence-electron chi connectivity index (χ0n) is 6.66. The minimum atomic E-state index is 0.595. The van der Waals surface area contributed by atoms with E-state index in [1.807, 2.05) is 0 Å². The standard InChI is InChI=1S/C8H15Cl/c1-5-8(9)7(4)6(2)3/h6H,5H2,1-4H3/b8-7+. The molecule has 0 saturated heterocycles. The lowest BCUT2D eigenvalue weighted by Crippen LogP contribution is -1.90. The van der Waals surface area contributed by atoms with Gasteiger partial charge in [-0.05, 0) is 19.3 Å². The van der Waals surface area contributed by atoms with Crippen molar-refractivity contribution in [2.45, 2.75) is 34.1 Å². The molecule has 0 atom stereocenters. The summed E-state index contributed by atoms with van der Waals surface area (Å²) >= 11 is 5.89. The molecule has 1 heteroatoms. The van der Waals surface area contributed by atoms with Gasteiger partial charge in [0, 0.05) is 5.03 Å². The van der Waals surface area contributed by atoms with Gasteiger partial charge in [-0.3, -0.25) is 0 Å². The highest BCUT2D eigenvalue weighted by atomic mass is 35.5. The maximum absolute atomic E-state index is 5.89. The quantitative estimate of drug-likeness (QED) is 0.559. The Morgan fingerprint density at radius 1 is 1.44 bits per heavy atom. The third-order valence-corrected chi connectivity index (χ3v) is 2.17. The molecule has 0 spiro atoms. The molecule has 9 heavy (non-hydrogen) atoms. The topological polar surface area (TPSA) is 0 Å². The summed E-state index contributed by atoms with van der Waals surface area (Å²) in [6, 6.07) is 0. The molecular weight excluding hydrogens is 132 g/mol. The van der Waals surface area contributed by atoms with E-state index in [2.05, 4.69) is 27.7 Å². The SMILES string of the molecule is CC/C(Cl)=C(/C)C(C)C. The van der Waals surface area contributed by atoms with Crippen molar-refractivity contribution in [3.05, 3.63) is 10.6 Å². The first-order valence-electron chi connectivity index (χ1n) is 3.44. The molecule has 0 fully saturated rings. The first-order valence-corrected chi connectivity index (χ1v) is 3.82. The van der Waals surface area contributed by atoms with Crippen LogP contribution in [-0.4, -0.2) is 0 Å². The largest absolute Gasteiger partial charge is 0.0892 e. The predicted molar refractivity (Wildman–Crippen MR) is 43.7 cm³/mol. The molecular formula is C8H15Cl. The van der Waals surface area contributed by atoms with E-state index in [0.29, 0.717) is 5.92 Å². The third kappa shape index (κ3) is 2.90. The molecule has 0 heterocycles. The lowest BCUT2D eigenvalue weighted by Gasteiger charge is -2.06. The van der Waals surface area contributed by atoms with Crippen molar-refractivity contribution in [3.8, 4) is 0 Å². The molecule has 54 valence electrons. The molecule has 0 rings (SSSR count). The second kappa shape index (κ2) is 3.94. The fourth-order valence-corrected chi connectivity index (χ4v) is 0.810. The van der Waals surface area contributed by atoms with Gasteiger partial charge in [0.2, 0.25) is 0 Å². The molecule has 0 aliphatic carbocycles. The molecule has 0 aromatic carbocycles. The van der Waals surface area contributed by atoms with Crippen molar-refractivity contribution >= 4 is 11.6 Å². The maximum Gasteiger partial charge on any atom is 0.0170 e. The molecule has 0 bridgehead atoms. The smallest absolute Gasteiger partial charge is 0.0170 e. The van der Waals surface area contributed by atoms with Gasteiger partial charge in [0.1, 0.15) is 0 Å². The molecule has 0 amide bonds. The summed E-state index contributed by atoms with van der Waals surface area (Å²) in [5, 5.41) is 1.02. The highest BCUT2D eigenvalue weighted by molar-refractivity contribution is 6.29. The van der Waals surface area contributed by atoms with Crippen LogP contribution in [0.2, 0.25) is 0 Å². The van der Waals surface area contributed by atoms with E-state index in [0.717, 1.165) is 11.5 Å². The first-order chi connectivity index (χ1) is 4.09. The van der Waals surface area contributed by atoms with Crippen LogP contribution in [0.5, 0.6) is 0 Å². The van der Waals surface area contributed by atoms with Crippen LogP contribution in [0.25, 0.3) is 0 Å². The van der Waals surface area contributed by atoms with Crippen LogP contribution in [0.1, 0.15) is 34.1 Å². The second-order valence-corrected chi connectivity index (χ2v) is 3.05. The van der Waals surface area contributed by atoms with Gasteiger partial charge in [0.25, 0.3) is 0 Å². The Balaban J connectivity index is 4.10. The Morgan fingerprint density at radius 2 is 1.89 bits per heavy atom.